The first-order chi connectivity index (χ1) is 11.5. The minimum absolute atomic E-state index is 0.161. The van der Waals surface area contributed by atoms with E-state index in [4.69, 9.17) is 0 Å². The minimum Gasteiger partial charge on any atom is -0.352 e. The molecule has 0 fully saturated rings. The average Bonchev–Trinajstić information content (AvgIpc) is 2.53. The number of carbonyl (C=O) groups excluding carboxylic acids is 2. The van der Waals surface area contributed by atoms with Crippen molar-refractivity contribution in [2.24, 2.45) is 0 Å². The standard InChI is InChI=1S/C18H18F2N2O2/c1-12-5-2-3-6-16(12)22-17(23)7-4-10-21-18(24)14-9-8-13(19)11-15(14)20/h2-3,5-6,8-9,11H,4,7,10H2,1H3,(H,21,24)(H,22,23). The Kier molecular flexibility index (Phi) is 6.01. The quantitative estimate of drug-likeness (QED) is 0.796. The van der Waals surface area contributed by atoms with Crippen LogP contribution in [0.3, 0.4) is 0 Å². The molecule has 0 atom stereocenters. The van der Waals surface area contributed by atoms with E-state index in [1.165, 1.54) is 0 Å². The zero-order valence-electron chi connectivity index (χ0n) is 13.2. The molecule has 0 spiro atoms. The highest BCUT2D eigenvalue weighted by Gasteiger charge is 2.12. The Hall–Kier alpha value is -2.76. The predicted molar refractivity (Wildman–Crippen MR) is 87.7 cm³/mol. The number of benzene rings is 2. The molecule has 2 rings (SSSR count). The Labute approximate surface area is 138 Å². The molecule has 0 aliphatic heterocycles. The lowest BCUT2D eigenvalue weighted by atomic mass is 10.2. The lowest BCUT2D eigenvalue weighted by molar-refractivity contribution is -0.116. The first kappa shape index (κ1) is 17.6. The van der Waals surface area contributed by atoms with Crippen LogP contribution in [0.2, 0.25) is 0 Å². The van der Waals surface area contributed by atoms with Gasteiger partial charge >= 0.3 is 0 Å². The topological polar surface area (TPSA) is 58.2 Å². The van der Waals surface area contributed by atoms with E-state index in [-0.39, 0.29) is 24.4 Å². The smallest absolute Gasteiger partial charge is 0.254 e. The number of hydrogen-bond acceptors (Lipinski definition) is 2. The Morgan fingerprint density at radius 1 is 1.08 bits per heavy atom. The molecule has 6 heteroatoms. The Balaban J connectivity index is 1.75. The van der Waals surface area contributed by atoms with Gasteiger partial charge in [-0.1, -0.05) is 18.2 Å². The van der Waals surface area contributed by atoms with Crippen LogP contribution < -0.4 is 10.6 Å². The number of para-hydroxylation sites is 1. The molecule has 0 bridgehead atoms. The van der Waals surface area contributed by atoms with Crippen LogP contribution in [0.25, 0.3) is 0 Å². The molecular weight excluding hydrogens is 314 g/mol. The molecule has 0 saturated carbocycles. The van der Waals surface area contributed by atoms with Gasteiger partial charge < -0.3 is 10.6 Å². The second kappa shape index (κ2) is 8.19. The zero-order valence-corrected chi connectivity index (χ0v) is 13.2. The molecule has 0 aliphatic carbocycles. The molecule has 0 aromatic heterocycles. The van der Waals surface area contributed by atoms with Crippen LogP contribution in [0.15, 0.2) is 42.5 Å². The number of carbonyl (C=O) groups is 2. The molecular formula is C18H18F2N2O2. The van der Waals surface area contributed by atoms with Gasteiger partial charge in [0, 0.05) is 24.7 Å². The second-order valence-corrected chi connectivity index (χ2v) is 5.35. The highest BCUT2D eigenvalue weighted by Crippen LogP contribution is 2.13. The van der Waals surface area contributed by atoms with Gasteiger partial charge in [0.05, 0.1) is 5.56 Å². The van der Waals surface area contributed by atoms with Crippen molar-refractivity contribution in [1.29, 1.82) is 0 Å². The number of hydrogen-bond donors (Lipinski definition) is 2. The normalized spacial score (nSPS) is 10.3. The fourth-order valence-corrected chi connectivity index (χ4v) is 2.15. The number of aryl methyl sites for hydroxylation is 1. The van der Waals surface area contributed by atoms with Crippen LogP contribution >= 0.6 is 0 Å². The van der Waals surface area contributed by atoms with Crippen molar-refractivity contribution in [2.75, 3.05) is 11.9 Å². The van der Waals surface area contributed by atoms with Crippen LogP contribution in [-0.2, 0) is 4.79 Å². The fourth-order valence-electron chi connectivity index (χ4n) is 2.15. The van der Waals surface area contributed by atoms with Gasteiger partial charge in [0.2, 0.25) is 5.91 Å². The third-order valence-electron chi connectivity index (χ3n) is 3.46. The summed E-state index contributed by atoms with van der Waals surface area (Å²) in [5, 5.41) is 5.30. The number of anilines is 1. The Bertz CT molecular complexity index is 748. The molecule has 126 valence electrons. The van der Waals surface area contributed by atoms with Crippen molar-refractivity contribution in [2.45, 2.75) is 19.8 Å². The maximum atomic E-state index is 13.5. The first-order valence-corrected chi connectivity index (χ1v) is 7.56. The van der Waals surface area contributed by atoms with Crippen molar-refractivity contribution >= 4 is 17.5 Å². The van der Waals surface area contributed by atoms with E-state index >= 15 is 0 Å². The molecule has 4 nitrogen and oxygen atoms in total. The summed E-state index contributed by atoms with van der Waals surface area (Å²) in [6.45, 7) is 2.11. The minimum atomic E-state index is -0.912. The fraction of sp³-hybridized carbons (Fsp3) is 0.222. The van der Waals surface area contributed by atoms with Gasteiger partial charge in [-0.3, -0.25) is 9.59 Å². The molecule has 2 aromatic rings. The maximum absolute atomic E-state index is 13.5. The summed E-state index contributed by atoms with van der Waals surface area (Å²) in [6.07, 6.45) is 0.632. The van der Waals surface area contributed by atoms with Gasteiger partial charge in [-0.25, -0.2) is 8.78 Å². The summed E-state index contributed by atoms with van der Waals surface area (Å²) in [4.78, 5) is 23.6. The van der Waals surface area contributed by atoms with Crippen LogP contribution in [0, 0.1) is 18.6 Å². The van der Waals surface area contributed by atoms with Crippen LogP contribution in [-0.4, -0.2) is 18.4 Å². The molecule has 0 aliphatic rings. The Morgan fingerprint density at radius 2 is 1.83 bits per heavy atom. The van der Waals surface area contributed by atoms with E-state index in [9.17, 15) is 18.4 Å². The number of rotatable bonds is 6. The van der Waals surface area contributed by atoms with Crippen LogP contribution in [0.1, 0.15) is 28.8 Å². The molecule has 0 saturated heterocycles. The number of nitrogens with one attached hydrogen (secondary N) is 2. The summed E-state index contributed by atoms with van der Waals surface area (Å²) in [6, 6.07) is 10.2. The van der Waals surface area contributed by atoms with Crippen molar-refractivity contribution < 1.29 is 18.4 Å². The second-order valence-electron chi connectivity index (χ2n) is 5.35. The van der Waals surface area contributed by atoms with E-state index in [1.54, 1.807) is 0 Å². The summed E-state index contributed by atoms with van der Waals surface area (Å²) < 4.78 is 26.3. The van der Waals surface area contributed by atoms with E-state index < -0.39 is 17.5 Å². The molecule has 2 N–H and O–H groups in total. The van der Waals surface area contributed by atoms with E-state index in [1.807, 2.05) is 31.2 Å². The molecule has 24 heavy (non-hydrogen) atoms. The SMILES string of the molecule is Cc1ccccc1NC(=O)CCCNC(=O)c1ccc(F)cc1F. The van der Waals surface area contributed by atoms with Gasteiger partial charge in [0.1, 0.15) is 11.6 Å². The highest BCUT2D eigenvalue weighted by atomic mass is 19.1. The van der Waals surface area contributed by atoms with Gasteiger partial charge in [0.25, 0.3) is 5.91 Å². The molecule has 0 radical (unpaired) electrons. The average molecular weight is 332 g/mol. The van der Waals surface area contributed by atoms with Gasteiger partial charge in [-0.2, -0.15) is 0 Å². The van der Waals surface area contributed by atoms with Gasteiger partial charge in [0.15, 0.2) is 0 Å². The van der Waals surface area contributed by atoms with Crippen molar-refractivity contribution in [1.82, 2.24) is 5.32 Å². The monoisotopic (exact) mass is 332 g/mol. The lowest BCUT2D eigenvalue weighted by Crippen LogP contribution is -2.26. The molecule has 2 aromatic carbocycles. The third-order valence-corrected chi connectivity index (χ3v) is 3.46. The summed E-state index contributed by atoms with van der Waals surface area (Å²) in [5.41, 5.74) is 1.49. The van der Waals surface area contributed by atoms with Crippen molar-refractivity contribution in [3.05, 3.63) is 65.2 Å². The molecule has 0 unspecified atom stereocenters. The Morgan fingerprint density at radius 3 is 2.54 bits per heavy atom. The van der Waals surface area contributed by atoms with Crippen LogP contribution in [0.5, 0.6) is 0 Å². The predicted octanol–water partition coefficient (Wildman–Crippen LogP) is 3.42. The van der Waals surface area contributed by atoms with E-state index in [0.717, 1.165) is 23.4 Å². The van der Waals surface area contributed by atoms with E-state index in [2.05, 4.69) is 10.6 Å². The summed E-state index contributed by atoms with van der Waals surface area (Å²) in [7, 11) is 0. The largest absolute Gasteiger partial charge is 0.352 e. The lowest BCUT2D eigenvalue weighted by Gasteiger charge is -2.09. The highest BCUT2D eigenvalue weighted by molar-refractivity contribution is 5.94. The van der Waals surface area contributed by atoms with Gasteiger partial charge in [-0.15, -0.1) is 0 Å². The van der Waals surface area contributed by atoms with E-state index in [0.29, 0.717) is 12.5 Å². The zero-order chi connectivity index (χ0) is 17.5. The summed E-state index contributed by atoms with van der Waals surface area (Å²) in [5.74, 6) is -2.44. The number of halogens is 2. The van der Waals surface area contributed by atoms with Crippen molar-refractivity contribution in [3.8, 4) is 0 Å². The summed E-state index contributed by atoms with van der Waals surface area (Å²) >= 11 is 0. The van der Waals surface area contributed by atoms with Crippen molar-refractivity contribution in [3.63, 3.8) is 0 Å². The maximum Gasteiger partial charge on any atom is 0.254 e. The molecule has 2 amide bonds. The first-order valence-electron chi connectivity index (χ1n) is 7.56. The number of amides is 2. The van der Waals surface area contributed by atoms with Crippen LogP contribution in [0.4, 0.5) is 14.5 Å². The van der Waals surface area contributed by atoms with Gasteiger partial charge in [-0.05, 0) is 37.1 Å². The molecule has 0 heterocycles. The third kappa shape index (κ3) is 4.87.